The lowest BCUT2D eigenvalue weighted by Gasteiger charge is -2.13. The van der Waals surface area contributed by atoms with Gasteiger partial charge in [0.15, 0.2) is 5.69 Å². The minimum absolute atomic E-state index is 0. The van der Waals surface area contributed by atoms with Crippen LogP contribution in [0.15, 0.2) is 24.3 Å². The van der Waals surface area contributed by atoms with Crippen LogP contribution < -0.4 is 15.4 Å². The normalized spacial score (nSPS) is 12.9. The zero-order valence-electron chi connectivity index (χ0n) is 13.7. The predicted octanol–water partition coefficient (Wildman–Crippen LogP) is 1.85. The first kappa shape index (κ1) is 18.3. The molecule has 1 amide bonds. The number of halogens is 1. The van der Waals surface area contributed by atoms with Gasteiger partial charge in [-0.15, -0.1) is 12.4 Å². The summed E-state index contributed by atoms with van der Waals surface area (Å²) in [5.74, 6) is 0.746. The van der Waals surface area contributed by atoms with E-state index in [1.54, 1.807) is 0 Å². The molecule has 3 N–H and O–H groups in total. The highest BCUT2D eigenvalue weighted by atomic mass is 35.5. The highest BCUT2D eigenvalue weighted by Crippen LogP contribution is 2.15. The summed E-state index contributed by atoms with van der Waals surface area (Å²) in [6, 6.07) is 7.96. The highest BCUT2D eigenvalue weighted by molar-refractivity contribution is 5.94. The molecular formula is C17H23ClN4O2. The lowest BCUT2D eigenvalue weighted by Crippen LogP contribution is -2.29. The van der Waals surface area contributed by atoms with E-state index in [0.717, 1.165) is 42.0 Å². The van der Waals surface area contributed by atoms with E-state index < -0.39 is 0 Å². The predicted molar refractivity (Wildman–Crippen MR) is 94.9 cm³/mol. The molecule has 0 atom stereocenters. The molecule has 0 unspecified atom stereocenters. The second kappa shape index (κ2) is 8.70. The average molecular weight is 351 g/mol. The Balaban J connectivity index is 0.00000208. The lowest BCUT2D eigenvalue weighted by molar-refractivity contribution is 0.0948. The van der Waals surface area contributed by atoms with E-state index >= 15 is 0 Å². The minimum Gasteiger partial charge on any atom is -0.494 e. The minimum atomic E-state index is -0.118. The summed E-state index contributed by atoms with van der Waals surface area (Å²) >= 11 is 0. The fourth-order valence-corrected chi connectivity index (χ4v) is 2.77. The Morgan fingerprint density at radius 1 is 1.42 bits per heavy atom. The first-order valence-electron chi connectivity index (χ1n) is 8.04. The van der Waals surface area contributed by atoms with Crippen LogP contribution in [-0.4, -0.2) is 35.8 Å². The van der Waals surface area contributed by atoms with Gasteiger partial charge in [0.2, 0.25) is 0 Å². The molecule has 2 heterocycles. The van der Waals surface area contributed by atoms with Crippen molar-refractivity contribution in [3.8, 4) is 5.75 Å². The maximum absolute atomic E-state index is 12.3. The molecule has 1 aromatic carbocycles. The maximum atomic E-state index is 12.3. The van der Waals surface area contributed by atoms with Crippen LogP contribution in [0.2, 0.25) is 0 Å². The number of aromatic amines is 1. The molecule has 1 aliphatic rings. The molecule has 3 rings (SSSR count). The van der Waals surface area contributed by atoms with Crippen LogP contribution in [0.3, 0.4) is 0 Å². The molecule has 0 aliphatic carbocycles. The van der Waals surface area contributed by atoms with E-state index in [9.17, 15) is 4.79 Å². The number of H-pyrrole nitrogens is 1. The topological polar surface area (TPSA) is 79.0 Å². The number of ether oxygens (including phenoxy) is 1. The van der Waals surface area contributed by atoms with Crippen molar-refractivity contribution in [2.45, 2.75) is 26.3 Å². The van der Waals surface area contributed by atoms with E-state index in [1.165, 1.54) is 0 Å². The Morgan fingerprint density at radius 3 is 3.12 bits per heavy atom. The molecule has 1 aromatic heterocycles. The Bertz CT molecular complexity index is 687. The van der Waals surface area contributed by atoms with Gasteiger partial charge < -0.3 is 15.4 Å². The number of benzene rings is 1. The van der Waals surface area contributed by atoms with E-state index in [1.807, 2.05) is 31.2 Å². The summed E-state index contributed by atoms with van der Waals surface area (Å²) in [5, 5.41) is 13.3. The molecule has 6 nitrogen and oxygen atoms in total. The molecule has 130 valence electrons. The summed E-state index contributed by atoms with van der Waals surface area (Å²) in [6.07, 6.45) is 1.65. The van der Waals surface area contributed by atoms with Crippen molar-refractivity contribution in [3.05, 3.63) is 46.8 Å². The van der Waals surface area contributed by atoms with E-state index in [2.05, 4.69) is 20.8 Å². The van der Waals surface area contributed by atoms with Crippen LogP contribution >= 0.6 is 12.4 Å². The third kappa shape index (κ3) is 4.27. The van der Waals surface area contributed by atoms with E-state index in [4.69, 9.17) is 4.74 Å². The molecule has 7 heteroatoms. The van der Waals surface area contributed by atoms with Gasteiger partial charge in [-0.25, -0.2) is 0 Å². The Kier molecular flexibility index (Phi) is 6.63. The lowest BCUT2D eigenvalue weighted by atomic mass is 10.1. The van der Waals surface area contributed by atoms with Gasteiger partial charge in [0, 0.05) is 37.3 Å². The van der Waals surface area contributed by atoms with Crippen LogP contribution in [0.5, 0.6) is 5.75 Å². The summed E-state index contributed by atoms with van der Waals surface area (Å²) in [7, 11) is 0. The zero-order chi connectivity index (χ0) is 16.1. The fraction of sp³-hybridized carbons (Fsp3) is 0.412. The van der Waals surface area contributed by atoms with Crippen molar-refractivity contribution in [1.29, 1.82) is 0 Å². The molecule has 0 spiro atoms. The number of nitrogens with one attached hydrogen (secondary N) is 3. The van der Waals surface area contributed by atoms with Gasteiger partial charge in [-0.2, -0.15) is 5.10 Å². The van der Waals surface area contributed by atoms with E-state index in [-0.39, 0.29) is 18.3 Å². The highest BCUT2D eigenvalue weighted by Gasteiger charge is 2.21. The molecule has 0 bridgehead atoms. The van der Waals surface area contributed by atoms with Gasteiger partial charge in [-0.1, -0.05) is 12.1 Å². The number of carbonyl (C=O) groups is 1. The van der Waals surface area contributed by atoms with Gasteiger partial charge in [0.1, 0.15) is 5.75 Å². The van der Waals surface area contributed by atoms with Crippen LogP contribution in [0.1, 0.15) is 34.2 Å². The summed E-state index contributed by atoms with van der Waals surface area (Å²) in [4.78, 5) is 12.3. The number of nitrogens with zero attached hydrogens (tertiary/aromatic N) is 1. The van der Waals surface area contributed by atoms with Gasteiger partial charge >= 0.3 is 0 Å². The van der Waals surface area contributed by atoms with Gasteiger partial charge in [0.25, 0.3) is 5.91 Å². The standard InChI is InChI=1S/C17H22N4O2.ClH/c1-2-23-13-5-3-4-12(10-13)6-9-19-17(22)16-14-11-18-8-7-15(14)20-21-16;/h3-5,10,18H,2,6-9,11H2,1H3,(H,19,22)(H,20,21);1H. The molecule has 0 fully saturated rings. The Labute approximate surface area is 147 Å². The number of hydrogen-bond donors (Lipinski definition) is 3. The molecule has 2 aromatic rings. The number of carbonyl (C=O) groups excluding carboxylic acids is 1. The summed E-state index contributed by atoms with van der Waals surface area (Å²) in [5.41, 5.74) is 3.71. The average Bonchev–Trinajstić information content (AvgIpc) is 2.99. The van der Waals surface area contributed by atoms with Crippen molar-refractivity contribution in [1.82, 2.24) is 20.8 Å². The molecule has 1 aliphatic heterocycles. The monoisotopic (exact) mass is 350 g/mol. The quantitative estimate of drug-likeness (QED) is 0.743. The van der Waals surface area contributed by atoms with Crippen molar-refractivity contribution in [3.63, 3.8) is 0 Å². The van der Waals surface area contributed by atoms with Gasteiger partial charge in [-0.3, -0.25) is 9.89 Å². The number of aromatic nitrogens is 2. The first-order valence-corrected chi connectivity index (χ1v) is 8.04. The molecule has 0 saturated carbocycles. The Hall–Kier alpha value is -2.05. The van der Waals surface area contributed by atoms with Crippen LogP contribution in [0.4, 0.5) is 0 Å². The maximum Gasteiger partial charge on any atom is 0.272 e. The van der Waals surface area contributed by atoms with Crippen molar-refractivity contribution in [2.75, 3.05) is 19.7 Å². The number of hydrogen-bond acceptors (Lipinski definition) is 4. The third-order valence-electron chi connectivity index (χ3n) is 3.93. The number of rotatable bonds is 6. The van der Waals surface area contributed by atoms with Crippen molar-refractivity contribution < 1.29 is 9.53 Å². The largest absolute Gasteiger partial charge is 0.494 e. The second-order valence-corrected chi connectivity index (χ2v) is 5.54. The van der Waals surface area contributed by atoms with Crippen LogP contribution in [0.25, 0.3) is 0 Å². The SMILES string of the molecule is CCOc1cccc(CCNC(=O)c2n[nH]c3c2CNCC3)c1.Cl. The number of fused-ring (bicyclic) bond motifs is 1. The van der Waals surface area contributed by atoms with E-state index in [0.29, 0.717) is 25.4 Å². The first-order chi connectivity index (χ1) is 11.3. The summed E-state index contributed by atoms with van der Waals surface area (Å²) < 4.78 is 5.49. The second-order valence-electron chi connectivity index (χ2n) is 5.54. The zero-order valence-corrected chi connectivity index (χ0v) is 14.5. The number of amides is 1. The Morgan fingerprint density at radius 2 is 2.29 bits per heavy atom. The van der Waals surface area contributed by atoms with Crippen molar-refractivity contribution in [2.24, 2.45) is 0 Å². The summed E-state index contributed by atoms with van der Waals surface area (Å²) in [6.45, 7) is 4.81. The molecule has 0 radical (unpaired) electrons. The van der Waals surface area contributed by atoms with Crippen molar-refractivity contribution >= 4 is 18.3 Å². The third-order valence-corrected chi connectivity index (χ3v) is 3.93. The molecule has 24 heavy (non-hydrogen) atoms. The van der Waals surface area contributed by atoms with Gasteiger partial charge in [0.05, 0.1) is 6.61 Å². The van der Waals surface area contributed by atoms with Gasteiger partial charge in [-0.05, 0) is 31.0 Å². The fourth-order valence-electron chi connectivity index (χ4n) is 2.77. The van der Waals surface area contributed by atoms with Crippen LogP contribution in [0, 0.1) is 0 Å². The smallest absolute Gasteiger partial charge is 0.272 e. The van der Waals surface area contributed by atoms with Crippen LogP contribution in [-0.2, 0) is 19.4 Å². The molecular weight excluding hydrogens is 328 g/mol. The molecule has 0 saturated heterocycles.